The number of ether oxygens (including phenoxy) is 1. The summed E-state index contributed by atoms with van der Waals surface area (Å²) in [5, 5.41) is 11.5. The predicted octanol–water partition coefficient (Wildman–Crippen LogP) is 5.89. The second-order valence-corrected chi connectivity index (χ2v) is 13.4. The average Bonchev–Trinajstić information content (AvgIpc) is 3.72. The molecule has 0 aliphatic carbocycles. The van der Waals surface area contributed by atoms with Crippen molar-refractivity contribution in [2.45, 2.75) is 69.2 Å². The van der Waals surface area contributed by atoms with E-state index in [0.717, 1.165) is 22.0 Å². The van der Waals surface area contributed by atoms with Gasteiger partial charge in [0.2, 0.25) is 11.8 Å². The summed E-state index contributed by atoms with van der Waals surface area (Å²) in [5.41, 5.74) is -0.272. The number of carbonyl (C=O) groups excluding carboxylic acids is 3. The van der Waals surface area contributed by atoms with Gasteiger partial charge in [0.15, 0.2) is 0 Å². The molecule has 1 N–H and O–H groups in total. The molecule has 3 aliphatic rings. The van der Waals surface area contributed by atoms with Crippen LogP contribution in [0.5, 0.6) is 0 Å². The van der Waals surface area contributed by atoms with Crippen LogP contribution in [0.25, 0.3) is 10.8 Å². The minimum Gasteiger partial charge on any atom is -0.396 e. The van der Waals surface area contributed by atoms with E-state index >= 15 is 4.79 Å². The van der Waals surface area contributed by atoms with Crippen molar-refractivity contribution in [3.8, 4) is 0 Å². The molecule has 3 heterocycles. The van der Waals surface area contributed by atoms with Crippen LogP contribution in [0.3, 0.4) is 0 Å². The quantitative estimate of drug-likeness (QED) is 0.164. The first kappa shape index (κ1) is 33.6. The Balaban J connectivity index is 1.41. The molecular formula is C40H47N3O5. The topological polar surface area (TPSA) is 90.4 Å². The lowest BCUT2D eigenvalue weighted by molar-refractivity contribution is -0.151. The molecule has 3 fully saturated rings. The van der Waals surface area contributed by atoms with Crippen LogP contribution in [0.1, 0.15) is 51.0 Å². The van der Waals surface area contributed by atoms with Gasteiger partial charge in [-0.3, -0.25) is 14.4 Å². The molecule has 252 valence electrons. The van der Waals surface area contributed by atoms with Crippen molar-refractivity contribution >= 4 is 34.2 Å². The molecule has 0 saturated carbocycles. The molecule has 8 heteroatoms. The zero-order valence-corrected chi connectivity index (χ0v) is 27.9. The maximum Gasteiger partial charge on any atom is 0.253 e. The minimum atomic E-state index is -1.13. The van der Waals surface area contributed by atoms with E-state index in [1.165, 1.54) is 0 Å². The fourth-order valence-electron chi connectivity index (χ4n) is 8.52. The SMILES string of the molecule is C=CCN(Cc1ccccc1)C(=O)[C@@H]1[C@H]2C(=O)N(CCCCCO)C(C(=O)N(CC=C)c3ccc4ccccc4c3)C23CC[C@@]1(CC)O3. The first-order valence-corrected chi connectivity index (χ1v) is 17.3. The molecule has 1 spiro atoms. The largest absolute Gasteiger partial charge is 0.396 e. The van der Waals surface area contributed by atoms with Gasteiger partial charge in [-0.25, -0.2) is 0 Å². The van der Waals surface area contributed by atoms with Gasteiger partial charge in [-0.15, -0.1) is 13.2 Å². The molecule has 3 amide bonds. The molecule has 3 saturated heterocycles. The lowest BCUT2D eigenvalue weighted by atomic mass is 9.64. The zero-order chi connectivity index (χ0) is 33.9. The number of fused-ring (bicyclic) bond motifs is 2. The number of unbranched alkanes of at least 4 members (excludes halogenated alkanes) is 2. The number of nitrogens with zero attached hydrogens (tertiary/aromatic N) is 3. The molecule has 0 aromatic heterocycles. The fourth-order valence-corrected chi connectivity index (χ4v) is 8.52. The highest BCUT2D eigenvalue weighted by Gasteiger charge is 2.79. The summed E-state index contributed by atoms with van der Waals surface area (Å²) < 4.78 is 7.08. The van der Waals surface area contributed by atoms with Crippen LogP contribution in [0.4, 0.5) is 5.69 Å². The molecule has 3 aromatic carbocycles. The molecule has 8 nitrogen and oxygen atoms in total. The van der Waals surface area contributed by atoms with Crippen LogP contribution in [0.15, 0.2) is 98.1 Å². The molecule has 6 rings (SSSR count). The van der Waals surface area contributed by atoms with Gasteiger partial charge in [0.05, 0.1) is 17.4 Å². The Morgan fingerprint density at radius 3 is 2.38 bits per heavy atom. The standard InChI is InChI=1S/C40H47N3O5/c1-4-23-41(28-29-15-9-7-10-16-29)36(45)33-34-37(46)43(25-13-8-14-26-44)35(40(34)22-21-39(33,6-3)48-40)38(47)42(24-5-2)32-20-19-30-17-11-12-18-31(30)27-32/h4-5,7,9-12,15-20,27,33-35,44H,1-2,6,8,13-14,21-26,28H2,3H3/t33-,34-,35?,39+,40?/m0/s1. The number of hydrogen-bond donors (Lipinski definition) is 1. The summed E-state index contributed by atoms with van der Waals surface area (Å²) in [5.74, 6) is -2.06. The highest BCUT2D eigenvalue weighted by molar-refractivity contribution is 6.06. The summed E-state index contributed by atoms with van der Waals surface area (Å²) in [6.07, 6.45) is 7.05. The van der Waals surface area contributed by atoms with Gasteiger partial charge >= 0.3 is 0 Å². The highest BCUT2D eigenvalue weighted by Crippen LogP contribution is 2.64. The second-order valence-electron chi connectivity index (χ2n) is 13.4. The lowest BCUT2D eigenvalue weighted by Gasteiger charge is -2.37. The number of aliphatic hydroxyl groups is 1. The van der Waals surface area contributed by atoms with E-state index in [9.17, 15) is 14.7 Å². The Bertz CT molecular complexity index is 1680. The molecule has 2 unspecified atom stereocenters. The average molecular weight is 650 g/mol. The Labute approximate surface area is 283 Å². The Morgan fingerprint density at radius 2 is 1.67 bits per heavy atom. The van der Waals surface area contributed by atoms with Crippen molar-refractivity contribution in [1.29, 1.82) is 0 Å². The third-order valence-corrected chi connectivity index (χ3v) is 10.7. The smallest absolute Gasteiger partial charge is 0.253 e. The zero-order valence-electron chi connectivity index (χ0n) is 27.9. The number of carbonyl (C=O) groups is 3. The van der Waals surface area contributed by atoms with Gasteiger partial charge < -0.3 is 24.5 Å². The van der Waals surface area contributed by atoms with Crippen LogP contribution in [-0.2, 0) is 25.7 Å². The minimum absolute atomic E-state index is 0.0667. The lowest BCUT2D eigenvalue weighted by Crippen LogP contribution is -2.56. The summed E-state index contributed by atoms with van der Waals surface area (Å²) >= 11 is 0. The number of anilines is 1. The predicted molar refractivity (Wildman–Crippen MR) is 188 cm³/mol. The normalized spacial score (nSPS) is 25.7. The van der Waals surface area contributed by atoms with Crippen molar-refractivity contribution in [3.05, 3.63) is 104 Å². The second kappa shape index (κ2) is 14.1. The van der Waals surface area contributed by atoms with Crippen LogP contribution >= 0.6 is 0 Å². The molecule has 48 heavy (non-hydrogen) atoms. The van der Waals surface area contributed by atoms with Crippen molar-refractivity contribution in [2.24, 2.45) is 11.8 Å². The van der Waals surface area contributed by atoms with Crippen molar-refractivity contribution in [2.75, 3.05) is 31.1 Å². The molecule has 3 aliphatic heterocycles. The first-order valence-electron chi connectivity index (χ1n) is 17.3. The number of rotatable bonds is 15. The van der Waals surface area contributed by atoms with E-state index in [4.69, 9.17) is 4.74 Å². The summed E-state index contributed by atoms with van der Waals surface area (Å²) in [7, 11) is 0. The van der Waals surface area contributed by atoms with Gasteiger partial charge in [0.25, 0.3) is 5.91 Å². The first-order chi connectivity index (χ1) is 23.3. The van der Waals surface area contributed by atoms with E-state index in [0.29, 0.717) is 58.2 Å². The molecule has 2 bridgehead atoms. The van der Waals surface area contributed by atoms with Crippen molar-refractivity contribution in [1.82, 2.24) is 9.80 Å². The summed E-state index contributed by atoms with van der Waals surface area (Å²) in [6, 6.07) is 22.9. The maximum absolute atomic E-state index is 15.0. The Hall–Kier alpha value is -4.27. The third kappa shape index (κ3) is 5.75. The third-order valence-electron chi connectivity index (χ3n) is 10.7. The van der Waals surface area contributed by atoms with Gasteiger partial charge in [-0.05, 0) is 67.0 Å². The van der Waals surface area contributed by atoms with Crippen LogP contribution in [0, 0.1) is 11.8 Å². The summed E-state index contributed by atoms with van der Waals surface area (Å²) in [6.45, 7) is 11.3. The van der Waals surface area contributed by atoms with Crippen LogP contribution in [0.2, 0.25) is 0 Å². The van der Waals surface area contributed by atoms with Gasteiger partial charge in [-0.2, -0.15) is 0 Å². The van der Waals surface area contributed by atoms with Crippen LogP contribution < -0.4 is 4.90 Å². The molecule has 3 aromatic rings. The number of benzene rings is 3. The van der Waals surface area contributed by atoms with E-state index < -0.39 is 29.1 Å². The van der Waals surface area contributed by atoms with E-state index in [1.807, 2.05) is 79.7 Å². The van der Waals surface area contributed by atoms with Gasteiger partial charge in [0, 0.05) is 38.5 Å². The summed E-state index contributed by atoms with van der Waals surface area (Å²) in [4.78, 5) is 49.7. The van der Waals surface area contributed by atoms with Crippen molar-refractivity contribution < 1.29 is 24.2 Å². The van der Waals surface area contributed by atoms with E-state index in [2.05, 4.69) is 13.2 Å². The Morgan fingerprint density at radius 1 is 0.938 bits per heavy atom. The number of likely N-dealkylation sites (tertiary alicyclic amines) is 1. The fraction of sp³-hybridized carbons (Fsp3) is 0.425. The maximum atomic E-state index is 15.0. The highest BCUT2D eigenvalue weighted by atomic mass is 16.5. The number of hydrogen-bond acceptors (Lipinski definition) is 5. The molecular weight excluding hydrogens is 602 g/mol. The monoisotopic (exact) mass is 649 g/mol. The van der Waals surface area contributed by atoms with E-state index in [1.54, 1.807) is 26.9 Å². The Kier molecular flexibility index (Phi) is 9.85. The molecule has 0 radical (unpaired) electrons. The van der Waals surface area contributed by atoms with Gasteiger partial charge in [-0.1, -0.05) is 79.7 Å². The van der Waals surface area contributed by atoms with Crippen molar-refractivity contribution in [3.63, 3.8) is 0 Å². The number of amides is 3. The van der Waals surface area contributed by atoms with Crippen LogP contribution in [-0.4, -0.2) is 76.1 Å². The van der Waals surface area contributed by atoms with E-state index in [-0.39, 0.29) is 30.9 Å². The number of aliphatic hydroxyl groups excluding tert-OH is 1. The molecule has 5 atom stereocenters. The van der Waals surface area contributed by atoms with Gasteiger partial charge in [0.1, 0.15) is 11.6 Å².